The summed E-state index contributed by atoms with van der Waals surface area (Å²) in [5.74, 6) is 0.826. The van der Waals surface area contributed by atoms with Gasteiger partial charge < -0.3 is 24.8 Å². The third-order valence-electron chi connectivity index (χ3n) is 4.83. The molecule has 0 spiro atoms. The first-order valence-electron chi connectivity index (χ1n) is 8.95. The zero-order valence-electron chi connectivity index (χ0n) is 14.8. The van der Waals surface area contributed by atoms with Gasteiger partial charge in [-0.1, -0.05) is 6.07 Å². The number of hydrogen-bond acceptors (Lipinski definition) is 5. The second-order valence-electron chi connectivity index (χ2n) is 6.65. The Bertz CT molecular complexity index is 827. The van der Waals surface area contributed by atoms with Crippen LogP contribution in [0.1, 0.15) is 18.4 Å². The van der Waals surface area contributed by atoms with Gasteiger partial charge >= 0.3 is 0 Å². The second kappa shape index (κ2) is 7.54. The van der Waals surface area contributed by atoms with E-state index in [1.165, 1.54) is 12.1 Å². The summed E-state index contributed by atoms with van der Waals surface area (Å²) >= 11 is 0. The highest BCUT2D eigenvalue weighted by Gasteiger charge is 2.33. The van der Waals surface area contributed by atoms with E-state index >= 15 is 0 Å². The van der Waals surface area contributed by atoms with Gasteiger partial charge in [-0.2, -0.15) is 0 Å². The van der Waals surface area contributed by atoms with Crippen molar-refractivity contribution in [1.29, 1.82) is 0 Å². The molecule has 0 unspecified atom stereocenters. The van der Waals surface area contributed by atoms with Gasteiger partial charge in [0.05, 0.1) is 12.6 Å². The molecule has 2 N–H and O–H groups in total. The summed E-state index contributed by atoms with van der Waals surface area (Å²) in [5, 5.41) is 0. The van der Waals surface area contributed by atoms with Crippen molar-refractivity contribution >= 4 is 11.6 Å². The van der Waals surface area contributed by atoms with E-state index < -0.39 is 6.10 Å². The number of nitrogens with zero attached hydrogens (tertiary/aromatic N) is 1. The Morgan fingerprint density at radius 1 is 1.11 bits per heavy atom. The van der Waals surface area contributed by atoms with Crippen LogP contribution in [0.2, 0.25) is 0 Å². The van der Waals surface area contributed by atoms with Gasteiger partial charge in [-0.15, -0.1) is 0 Å². The zero-order chi connectivity index (χ0) is 18.8. The van der Waals surface area contributed by atoms with E-state index in [2.05, 4.69) is 0 Å². The average molecular weight is 372 g/mol. The molecule has 4 rings (SSSR count). The van der Waals surface area contributed by atoms with Gasteiger partial charge in [-0.3, -0.25) is 4.79 Å². The fourth-order valence-electron chi connectivity index (χ4n) is 3.37. The molecule has 1 saturated heterocycles. The Hall–Kier alpha value is -2.64. The van der Waals surface area contributed by atoms with Crippen LogP contribution in [0, 0.1) is 5.82 Å². The van der Waals surface area contributed by atoms with Crippen LogP contribution in [0.15, 0.2) is 42.5 Å². The van der Waals surface area contributed by atoms with Crippen LogP contribution < -0.4 is 20.1 Å². The predicted molar refractivity (Wildman–Crippen MR) is 97.1 cm³/mol. The van der Waals surface area contributed by atoms with Gasteiger partial charge in [0.25, 0.3) is 5.91 Å². The minimum absolute atomic E-state index is 0.0976. The topological polar surface area (TPSA) is 74.0 Å². The molecule has 2 aromatic rings. The Morgan fingerprint density at radius 3 is 2.63 bits per heavy atom. The van der Waals surface area contributed by atoms with E-state index in [0.717, 1.165) is 12.0 Å². The highest BCUT2D eigenvalue weighted by Crippen LogP contribution is 2.33. The normalized spacial score (nSPS) is 20.7. The number of amides is 1. The molecule has 27 heavy (non-hydrogen) atoms. The first-order valence-corrected chi connectivity index (χ1v) is 8.95. The molecule has 7 heteroatoms. The molecule has 0 radical (unpaired) electrons. The minimum Gasteiger partial charge on any atom is -0.454 e. The van der Waals surface area contributed by atoms with Crippen molar-refractivity contribution < 1.29 is 23.4 Å². The van der Waals surface area contributed by atoms with Gasteiger partial charge in [0, 0.05) is 12.2 Å². The number of hydrogen-bond donors (Lipinski definition) is 1. The summed E-state index contributed by atoms with van der Waals surface area (Å²) in [6.07, 6.45) is 0.741. The van der Waals surface area contributed by atoms with Crippen LogP contribution in [0.5, 0.6) is 11.5 Å². The van der Waals surface area contributed by atoms with E-state index in [4.69, 9.17) is 19.9 Å². The van der Waals surface area contributed by atoms with E-state index in [1.54, 1.807) is 17.0 Å². The van der Waals surface area contributed by atoms with Crippen molar-refractivity contribution in [3.8, 4) is 11.5 Å². The third kappa shape index (κ3) is 3.74. The number of halogens is 1. The fourth-order valence-corrected chi connectivity index (χ4v) is 3.37. The maximum Gasteiger partial charge on any atom is 0.256 e. The molecule has 0 bridgehead atoms. The van der Waals surface area contributed by atoms with E-state index in [9.17, 15) is 9.18 Å². The number of carbonyl (C=O) groups excluding carboxylic acids is 1. The molecule has 0 aliphatic carbocycles. The van der Waals surface area contributed by atoms with Crippen LogP contribution >= 0.6 is 0 Å². The number of rotatable bonds is 5. The highest BCUT2D eigenvalue weighted by atomic mass is 19.1. The molecule has 1 amide bonds. The predicted octanol–water partition coefficient (Wildman–Crippen LogP) is 2.59. The van der Waals surface area contributed by atoms with Crippen LogP contribution in [0.25, 0.3) is 0 Å². The fraction of sp³-hybridized carbons (Fsp3) is 0.350. The molecule has 2 aliphatic heterocycles. The molecule has 142 valence electrons. The van der Waals surface area contributed by atoms with Gasteiger partial charge in [-0.25, -0.2) is 4.39 Å². The second-order valence-corrected chi connectivity index (χ2v) is 6.65. The van der Waals surface area contributed by atoms with Crippen molar-refractivity contribution in [2.45, 2.75) is 31.6 Å². The Kier molecular flexibility index (Phi) is 4.96. The molecular weight excluding hydrogens is 351 g/mol. The van der Waals surface area contributed by atoms with Crippen molar-refractivity contribution in [2.24, 2.45) is 5.73 Å². The van der Waals surface area contributed by atoms with Crippen molar-refractivity contribution in [2.75, 3.05) is 18.2 Å². The standard InChI is InChI=1S/C20H21FN2O4/c21-14-2-4-15(5-3-14)23(20(24)18-8-6-16(10-22)27-18)11-13-1-7-17-19(9-13)26-12-25-17/h1-5,7,9,16,18H,6,8,10-12,22H2/t16-,18+/m1/s1. The third-order valence-corrected chi connectivity index (χ3v) is 4.83. The lowest BCUT2D eigenvalue weighted by molar-refractivity contribution is -0.129. The molecular formula is C20H21FN2O4. The lowest BCUT2D eigenvalue weighted by atomic mass is 10.1. The van der Waals surface area contributed by atoms with E-state index in [0.29, 0.717) is 36.7 Å². The summed E-state index contributed by atoms with van der Waals surface area (Å²) in [7, 11) is 0. The van der Waals surface area contributed by atoms with E-state index in [1.807, 2.05) is 18.2 Å². The average Bonchev–Trinajstić information content (AvgIpc) is 3.35. The summed E-state index contributed by atoms with van der Waals surface area (Å²) in [6.45, 7) is 0.895. The highest BCUT2D eigenvalue weighted by molar-refractivity contribution is 5.96. The Balaban J connectivity index is 1.60. The molecule has 0 saturated carbocycles. The van der Waals surface area contributed by atoms with Crippen LogP contribution in [0.3, 0.4) is 0 Å². The molecule has 6 nitrogen and oxygen atoms in total. The molecule has 1 fully saturated rings. The maximum absolute atomic E-state index is 13.4. The quantitative estimate of drug-likeness (QED) is 0.873. The van der Waals surface area contributed by atoms with Gasteiger partial charge in [0.1, 0.15) is 11.9 Å². The number of ether oxygens (including phenoxy) is 3. The van der Waals surface area contributed by atoms with Crippen molar-refractivity contribution in [3.05, 3.63) is 53.8 Å². The number of benzene rings is 2. The molecule has 2 heterocycles. The molecule has 2 atom stereocenters. The Labute approximate surface area is 156 Å². The van der Waals surface area contributed by atoms with Gasteiger partial charge in [-0.05, 0) is 54.8 Å². The maximum atomic E-state index is 13.4. The lowest BCUT2D eigenvalue weighted by Gasteiger charge is -2.26. The number of anilines is 1. The van der Waals surface area contributed by atoms with Crippen molar-refractivity contribution in [1.82, 2.24) is 0 Å². The molecule has 2 aromatic carbocycles. The monoisotopic (exact) mass is 372 g/mol. The van der Waals surface area contributed by atoms with E-state index in [-0.39, 0.29) is 24.6 Å². The van der Waals surface area contributed by atoms with Gasteiger partial charge in [0.15, 0.2) is 11.5 Å². The lowest BCUT2D eigenvalue weighted by Crippen LogP contribution is -2.39. The minimum atomic E-state index is -0.544. The number of carbonyl (C=O) groups is 1. The van der Waals surface area contributed by atoms with Crippen LogP contribution in [0.4, 0.5) is 10.1 Å². The summed E-state index contributed by atoms with van der Waals surface area (Å²) in [6, 6.07) is 11.4. The Morgan fingerprint density at radius 2 is 1.89 bits per heavy atom. The van der Waals surface area contributed by atoms with Crippen molar-refractivity contribution in [3.63, 3.8) is 0 Å². The smallest absolute Gasteiger partial charge is 0.256 e. The number of fused-ring (bicyclic) bond motifs is 1. The molecule has 0 aromatic heterocycles. The first kappa shape index (κ1) is 17.8. The van der Waals surface area contributed by atoms with Crippen LogP contribution in [-0.4, -0.2) is 31.5 Å². The first-order chi connectivity index (χ1) is 13.1. The largest absolute Gasteiger partial charge is 0.454 e. The number of nitrogens with two attached hydrogens (primary N) is 1. The zero-order valence-corrected chi connectivity index (χ0v) is 14.8. The summed E-state index contributed by atoms with van der Waals surface area (Å²) in [5.41, 5.74) is 7.15. The van der Waals surface area contributed by atoms with Gasteiger partial charge in [0.2, 0.25) is 6.79 Å². The summed E-state index contributed by atoms with van der Waals surface area (Å²) < 4.78 is 29.9. The summed E-state index contributed by atoms with van der Waals surface area (Å²) in [4.78, 5) is 14.8. The SMILES string of the molecule is NC[C@H]1CC[C@@H](C(=O)N(Cc2ccc3c(c2)OCO3)c2ccc(F)cc2)O1. The molecule has 2 aliphatic rings. The van der Waals surface area contributed by atoms with Crippen LogP contribution in [-0.2, 0) is 16.1 Å².